The molecule has 0 aliphatic carbocycles. The standard InChI is InChI=1S/C8H13N3/c1-6-7(9)4-3-5-8(6)11-10-2/h3-5,10-11H,9H2,1-2H3. The molecule has 0 saturated heterocycles. The molecule has 11 heavy (non-hydrogen) atoms. The van der Waals surface area contributed by atoms with E-state index in [2.05, 4.69) is 10.9 Å². The summed E-state index contributed by atoms with van der Waals surface area (Å²) in [5.41, 5.74) is 14.4. The minimum absolute atomic E-state index is 0.810. The Bertz CT molecular complexity index is 245. The quantitative estimate of drug-likeness (QED) is 0.438. The minimum Gasteiger partial charge on any atom is -0.398 e. The van der Waals surface area contributed by atoms with Crippen LogP contribution in [0.1, 0.15) is 5.56 Å². The van der Waals surface area contributed by atoms with E-state index in [0.29, 0.717) is 0 Å². The predicted molar refractivity (Wildman–Crippen MR) is 48.3 cm³/mol. The van der Waals surface area contributed by atoms with Gasteiger partial charge in [-0.1, -0.05) is 6.07 Å². The van der Waals surface area contributed by atoms with Gasteiger partial charge >= 0.3 is 0 Å². The van der Waals surface area contributed by atoms with Crippen molar-refractivity contribution in [3.05, 3.63) is 23.8 Å². The highest BCUT2D eigenvalue weighted by Gasteiger charge is 1.97. The van der Waals surface area contributed by atoms with Gasteiger partial charge in [0.25, 0.3) is 0 Å². The van der Waals surface area contributed by atoms with Gasteiger partial charge in [0.05, 0.1) is 5.69 Å². The number of anilines is 2. The monoisotopic (exact) mass is 151 g/mol. The zero-order chi connectivity index (χ0) is 8.27. The summed E-state index contributed by atoms with van der Waals surface area (Å²) in [5, 5.41) is 0. The number of hydrazine groups is 1. The zero-order valence-corrected chi connectivity index (χ0v) is 6.81. The average molecular weight is 151 g/mol. The summed E-state index contributed by atoms with van der Waals surface area (Å²) < 4.78 is 0. The van der Waals surface area contributed by atoms with Gasteiger partial charge < -0.3 is 11.2 Å². The molecule has 3 heteroatoms. The van der Waals surface area contributed by atoms with Crippen molar-refractivity contribution in [2.24, 2.45) is 0 Å². The van der Waals surface area contributed by atoms with Gasteiger partial charge in [-0.3, -0.25) is 0 Å². The lowest BCUT2D eigenvalue weighted by Crippen LogP contribution is -2.16. The first-order valence-corrected chi connectivity index (χ1v) is 3.53. The van der Waals surface area contributed by atoms with Crippen LogP contribution in [-0.2, 0) is 0 Å². The fourth-order valence-corrected chi connectivity index (χ4v) is 0.924. The highest BCUT2D eigenvalue weighted by Crippen LogP contribution is 2.19. The normalized spacial score (nSPS) is 9.64. The molecule has 3 nitrogen and oxygen atoms in total. The summed E-state index contributed by atoms with van der Waals surface area (Å²) in [6, 6.07) is 5.78. The van der Waals surface area contributed by atoms with Crippen molar-refractivity contribution >= 4 is 11.4 Å². The SMILES string of the molecule is CNNc1cccc(N)c1C. The van der Waals surface area contributed by atoms with Crippen molar-refractivity contribution < 1.29 is 0 Å². The van der Waals surface area contributed by atoms with Gasteiger partial charge in [-0.15, -0.1) is 0 Å². The number of hydrogen-bond acceptors (Lipinski definition) is 3. The molecule has 0 amide bonds. The summed E-state index contributed by atoms with van der Waals surface area (Å²) in [4.78, 5) is 0. The van der Waals surface area contributed by atoms with Gasteiger partial charge in [-0.05, 0) is 24.6 Å². The van der Waals surface area contributed by atoms with E-state index in [-0.39, 0.29) is 0 Å². The summed E-state index contributed by atoms with van der Waals surface area (Å²) in [7, 11) is 1.82. The molecule has 0 aromatic heterocycles. The molecule has 0 atom stereocenters. The van der Waals surface area contributed by atoms with E-state index in [1.54, 1.807) is 0 Å². The molecule has 0 unspecified atom stereocenters. The first kappa shape index (κ1) is 7.88. The molecule has 4 N–H and O–H groups in total. The number of benzene rings is 1. The number of nitrogens with two attached hydrogens (primary N) is 1. The Labute approximate surface area is 66.6 Å². The van der Waals surface area contributed by atoms with Gasteiger partial charge in [0.1, 0.15) is 0 Å². The van der Waals surface area contributed by atoms with E-state index < -0.39 is 0 Å². The lowest BCUT2D eigenvalue weighted by Gasteiger charge is -2.08. The van der Waals surface area contributed by atoms with Crippen molar-refractivity contribution in [1.29, 1.82) is 0 Å². The number of rotatable bonds is 2. The van der Waals surface area contributed by atoms with E-state index in [9.17, 15) is 0 Å². The third kappa shape index (κ3) is 1.62. The van der Waals surface area contributed by atoms with Gasteiger partial charge in [0.2, 0.25) is 0 Å². The maximum Gasteiger partial charge on any atom is 0.0537 e. The van der Waals surface area contributed by atoms with Crippen LogP contribution in [0.3, 0.4) is 0 Å². The summed E-state index contributed by atoms with van der Waals surface area (Å²) in [5.74, 6) is 0. The van der Waals surface area contributed by atoms with Crippen LogP contribution in [0, 0.1) is 6.92 Å². The molecule has 1 aromatic rings. The third-order valence-corrected chi connectivity index (χ3v) is 1.64. The topological polar surface area (TPSA) is 50.1 Å². The predicted octanol–water partition coefficient (Wildman–Crippen LogP) is 1.12. The van der Waals surface area contributed by atoms with E-state index in [0.717, 1.165) is 16.9 Å². The largest absolute Gasteiger partial charge is 0.398 e. The van der Waals surface area contributed by atoms with Crippen molar-refractivity contribution in [2.75, 3.05) is 18.2 Å². The first-order valence-electron chi connectivity index (χ1n) is 3.53. The molecular weight excluding hydrogens is 138 g/mol. The second kappa shape index (κ2) is 3.25. The Morgan fingerprint density at radius 1 is 1.36 bits per heavy atom. The molecule has 1 aromatic carbocycles. The number of hydrogen-bond donors (Lipinski definition) is 3. The Balaban J connectivity index is 2.96. The fraction of sp³-hybridized carbons (Fsp3) is 0.250. The molecule has 0 bridgehead atoms. The molecule has 0 aliphatic rings. The molecule has 1 rings (SSSR count). The van der Waals surface area contributed by atoms with E-state index in [1.807, 2.05) is 32.2 Å². The maximum absolute atomic E-state index is 5.68. The van der Waals surface area contributed by atoms with Crippen LogP contribution in [0.25, 0.3) is 0 Å². The Hall–Kier alpha value is -1.22. The van der Waals surface area contributed by atoms with Crippen LogP contribution in [-0.4, -0.2) is 7.05 Å². The van der Waals surface area contributed by atoms with Crippen LogP contribution < -0.4 is 16.6 Å². The number of nitrogen functional groups attached to an aromatic ring is 1. The third-order valence-electron chi connectivity index (χ3n) is 1.64. The van der Waals surface area contributed by atoms with Gasteiger partial charge in [-0.2, -0.15) is 0 Å². The second-order valence-electron chi connectivity index (χ2n) is 2.39. The Morgan fingerprint density at radius 2 is 2.09 bits per heavy atom. The molecule has 0 saturated carbocycles. The maximum atomic E-state index is 5.68. The van der Waals surface area contributed by atoms with Crippen LogP contribution >= 0.6 is 0 Å². The van der Waals surface area contributed by atoms with Gasteiger partial charge in [0, 0.05) is 12.7 Å². The van der Waals surface area contributed by atoms with Crippen molar-refractivity contribution in [2.45, 2.75) is 6.92 Å². The highest BCUT2D eigenvalue weighted by molar-refractivity contribution is 5.62. The Morgan fingerprint density at radius 3 is 2.73 bits per heavy atom. The smallest absolute Gasteiger partial charge is 0.0537 e. The van der Waals surface area contributed by atoms with E-state index in [4.69, 9.17) is 5.73 Å². The second-order valence-corrected chi connectivity index (χ2v) is 2.39. The fourth-order valence-electron chi connectivity index (χ4n) is 0.924. The lowest BCUT2D eigenvalue weighted by atomic mass is 10.2. The molecule has 0 fully saturated rings. The summed E-state index contributed by atoms with van der Waals surface area (Å²) in [6.45, 7) is 1.98. The van der Waals surface area contributed by atoms with Crippen molar-refractivity contribution in [3.63, 3.8) is 0 Å². The molecule has 0 heterocycles. The van der Waals surface area contributed by atoms with Gasteiger partial charge in [0.15, 0.2) is 0 Å². The van der Waals surface area contributed by atoms with E-state index in [1.165, 1.54) is 0 Å². The van der Waals surface area contributed by atoms with Gasteiger partial charge in [-0.25, -0.2) is 5.43 Å². The summed E-state index contributed by atoms with van der Waals surface area (Å²) in [6.07, 6.45) is 0. The van der Waals surface area contributed by atoms with Crippen LogP contribution in [0.2, 0.25) is 0 Å². The molecule has 0 aliphatic heterocycles. The van der Waals surface area contributed by atoms with E-state index >= 15 is 0 Å². The lowest BCUT2D eigenvalue weighted by molar-refractivity contribution is 0.980. The Kier molecular flexibility index (Phi) is 2.33. The minimum atomic E-state index is 0.810. The average Bonchev–Trinajstić information content (AvgIpc) is 1.99. The highest BCUT2D eigenvalue weighted by atomic mass is 15.3. The number of nitrogens with one attached hydrogen (secondary N) is 2. The van der Waals surface area contributed by atoms with Crippen molar-refractivity contribution in [1.82, 2.24) is 5.43 Å². The van der Waals surface area contributed by atoms with Crippen LogP contribution in [0.15, 0.2) is 18.2 Å². The first-order chi connectivity index (χ1) is 5.25. The molecular formula is C8H13N3. The molecule has 0 radical (unpaired) electrons. The molecule has 0 spiro atoms. The van der Waals surface area contributed by atoms with Crippen molar-refractivity contribution in [3.8, 4) is 0 Å². The van der Waals surface area contributed by atoms with Crippen LogP contribution in [0.4, 0.5) is 11.4 Å². The summed E-state index contributed by atoms with van der Waals surface area (Å²) >= 11 is 0. The van der Waals surface area contributed by atoms with Crippen LogP contribution in [0.5, 0.6) is 0 Å². The molecule has 60 valence electrons. The zero-order valence-electron chi connectivity index (χ0n) is 6.81.